The standard InChI is InChI=1S/C14H17N5O4S/c15-10-12(21)19-11(14(22)23)9(7-24-13(10)19)6-18-4-1-3-17(18)5-2-16-8-20/h1,3-4,8,10,13H,2,5-7,15H2,(H-,16,20,22,23)/p+1/t10-,13-/m1/s1. The fraction of sp³-hybridized carbons (Fsp3) is 0.429. The minimum absolute atomic E-state index is 0.0386. The highest BCUT2D eigenvalue weighted by Crippen LogP contribution is 2.39. The number of thioether (sulfide) groups is 1. The Bertz CT molecular complexity index is 716. The number of carboxylic acid groups (broad SMARTS) is 1. The number of amides is 2. The number of fused-ring (bicyclic) bond motifs is 1. The smallest absolute Gasteiger partial charge is 0.352 e. The Morgan fingerprint density at radius 2 is 2.38 bits per heavy atom. The molecule has 0 radical (unpaired) electrons. The number of carboxylic acids is 1. The van der Waals surface area contributed by atoms with E-state index in [4.69, 9.17) is 5.73 Å². The summed E-state index contributed by atoms with van der Waals surface area (Å²) in [5.74, 6) is -0.955. The van der Waals surface area contributed by atoms with Crippen LogP contribution in [0, 0.1) is 0 Å². The summed E-state index contributed by atoms with van der Waals surface area (Å²) in [6.07, 6.45) is 4.31. The highest BCUT2D eigenvalue weighted by molar-refractivity contribution is 8.00. The maximum Gasteiger partial charge on any atom is 0.352 e. The minimum Gasteiger partial charge on any atom is -0.477 e. The van der Waals surface area contributed by atoms with E-state index in [1.165, 1.54) is 16.7 Å². The molecule has 0 saturated carbocycles. The van der Waals surface area contributed by atoms with Gasteiger partial charge < -0.3 is 16.2 Å². The SMILES string of the molecule is N[C@@H]1C(=O)N2C(C(=O)O)=C(C[n+]3cccn3CCNC=O)CS[C@H]12. The Hall–Kier alpha value is -2.33. The predicted molar refractivity (Wildman–Crippen MR) is 84.4 cm³/mol. The van der Waals surface area contributed by atoms with Crippen LogP contribution >= 0.6 is 11.8 Å². The summed E-state index contributed by atoms with van der Waals surface area (Å²) in [6.45, 7) is 1.39. The zero-order chi connectivity index (χ0) is 17.3. The van der Waals surface area contributed by atoms with Crippen LogP contribution in [-0.4, -0.2) is 56.7 Å². The third kappa shape index (κ3) is 2.78. The van der Waals surface area contributed by atoms with Crippen molar-refractivity contribution in [1.29, 1.82) is 0 Å². The summed E-state index contributed by atoms with van der Waals surface area (Å²) in [5, 5.41) is 11.8. The molecule has 128 valence electrons. The molecule has 2 aliphatic rings. The molecule has 10 heteroatoms. The molecular formula is C14H18N5O4S+. The van der Waals surface area contributed by atoms with Crippen molar-refractivity contribution >= 4 is 30.0 Å². The number of carbonyl (C=O) groups is 3. The number of nitrogens with one attached hydrogen (secondary N) is 1. The molecular weight excluding hydrogens is 334 g/mol. The van der Waals surface area contributed by atoms with Gasteiger partial charge in [-0.3, -0.25) is 14.5 Å². The van der Waals surface area contributed by atoms with E-state index in [-0.39, 0.29) is 17.0 Å². The molecule has 1 saturated heterocycles. The van der Waals surface area contributed by atoms with Crippen LogP contribution in [0.4, 0.5) is 0 Å². The number of nitrogens with two attached hydrogens (primary N) is 1. The van der Waals surface area contributed by atoms with Crippen LogP contribution in [0.3, 0.4) is 0 Å². The molecule has 0 bridgehead atoms. The van der Waals surface area contributed by atoms with Crippen molar-refractivity contribution in [1.82, 2.24) is 14.9 Å². The molecule has 0 unspecified atom stereocenters. The van der Waals surface area contributed by atoms with Crippen LogP contribution in [0.15, 0.2) is 29.7 Å². The number of nitrogens with zero attached hydrogens (tertiary/aromatic N) is 3. The van der Waals surface area contributed by atoms with Crippen molar-refractivity contribution in [3.8, 4) is 0 Å². The third-order valence-electron chi connectivity index (χ3n) is 4.06. The van der Waals surface area contributed by atoms with Crippen molar-refractivity contribution in [3.05, 3.63) is 29.7 Å². The van der Waals surface area contributed by atoms with E-state index < -0.39 is 12.0 Å². The molecule has 0 spiro atoms. The highest BCUT2D eigenvalue weighted by Gasteiger charge is 2.52. The van der Waals surface area contributed by atoms with Crippen LogP contribution in [0.2, 0.25) is 0 Å². The lowest BCUT2D eigenvalue weighted by molar-refractivity contribution is -0.768. The van der Waals surface area contributed by atoms with Gasteiger partial charge in [0, 0.05) is 23.9 Å². The summed E-state index contributed by atoms with van der Waals surface area (Å²) in [7, 11) is 0. The van der Waals surface area contributed by atoms with Gasteiger partial charge in [-0.15, -0.1) is 16.4 Å². The molecule has 24 heavy (non-hydrogen) atoms. The molecule has 0 aromatic carbocycles. The zero-order valence-corrected chi connectivity index (χ0v) is 13.6. The van der Waals surface area contributed by atoms with Gasteiger partial charge in [-0.25, -0.2) is 4.79 Å². The molecule has 4 N–H and O–H groups in total. The average molecular weight is 352 g/mol. The van der Waals surface area contributed by atoms with E-state index in [0.29, 0.717) is 37.4 Å². The Kier molecular flexibility index (Phi) is 4.58. The number of aliphatic carboxylic acids is 1. The van der Waals surface area contributed by atoms with Crippen LogP contribution in [-0.2, 0) is 27.5 Å². The number of carbonyl (C=O) groups excluding carboxylic acids is 2. The highest BCUT2D eigenvalue weighted by atomic mass is 32.2. The summed E-state index contributed by atoms with van der Waals surface area (Å²) in [6, 6.07) is 1.21. The number of rotatable bonds is 7. The van der Waals surface area contributed by atoms with Crippen LogP contribution in [0.25, 0.3) is 0 Å². The summed E-state index contributed by atoms with van der Waals surface area (Å²) >= 11 is 1.48. The number of hydrogen-bond acceptors (Lipinski definition) is 5. The second kappa shape index (κ2) is 6.65. The van der Waals surface area contributed by atoms with Gasteiger partial charge >= 0.3 is 5.97 Å². The lowest BCUT2D eigenvalue weighted by atomic mass is 10.0. The fourth-order valence-corrected chi connectivity index (χ4v) is 4.17. The second-order valence-corrected chi connectivity index (χ2v) is 6.62. The largest absolute Gasteiger partial charge is 0.477 e. The van der Waals surface area contributed by atoms with E-state index in [2.05, 4.69) is 5.32 Å². The van der Waals surface area contributed by atoms with E-state index in [9.17, 15) is 19.5 Å². The molecule has 1 fully saturated rings. The topological polar surface area (TPSA) is 122 Å². The van der Waals surface area contributed by atoms with Crippen LogP contribution in [0.1, 0.15) is 0 Å². The van der Waals surface area contributed by atoms with Crippen LogP contribution in [0.5, 0.6) is 0 Å². The third-order valence-corrected chi connectivity index (χ3v) is 5.42. The summed E-state index contributed by atoms with van der Waals surface area (Å²) < 4.78 is 3.74. The van der Waals surface area contributed by atoms with E-state index in [1.807, 2.05) is 27.8 Å². The van der Waals surface area contributed by atoms with Gasteiger partial charge in [0.1, 0.15) is 17.1 Å². The van der Waals surface area contributed by atoms with Crippen molar-refractivity contribution in [2.45, 2.75) is 24.5 Å². The molecule has 1 aromatic heterocycles. The first-order valence-electron chi connectivity index (χ1n) is 7.42. The Labute approximate surface area is 142 Å². The molecule has 0 aliphatic carbocycles. The van der Waals surface area contributed by atoms with Gasteiger partial charge in [-0.05, 0) is 0 Å². The summed E-state index contributed by atoms with van der Waals surface area (Å²) in [5.41, 5.74) is 6.44. The maximum atomic E-state index is 11.9. The minimum atomic E-state index is -1.11. The first-order valence-corrected chi connectivity index (χ1v) is 8.47. The zero-order valence-electron chi connectivity index (χ0n) is 12.8. The van der Waals surface area contributed by atoms with Crippen molar-refractivity contribution in [2.75, 3.05) is 12.3 Å². The predicted octanol–water partition coefficient (Wildman–Crippen LogP) is -1.90. The van der Waals surface area contributed by atoms with Gasteiger partial charge in [0.2, 0.25) is 12.3 Å². The van der Waals surface area contributed by atoms with Gasteiger partial charge in [0.25, 0.3) is 0 Å². The van der Waals surface area contributed by atoms with E-state index in [1.54, 1.807) is 0 Å². The monoisotopic (exact) mass is 352 g/mol. The molecule has 3 rings (SSSR count). The fourth-order valence-electron chi connectivity index (χ4n) is 2.89. The van der Waals surface area contributed by atoms with E-state index in [0.717, 1.165) is 0 Å². The molecule has 3 heterocycles. The number of hydrogen-bond donors (Lipinski definition) is 3. The molecule has 2 amide bonds. The van der Waals surface area contributed by atoms with Gasteiger partial charge in [0.15, 0.2) is 12.7 Å². The first kappa shape index (κ1) is 16.5. The first-order chi connectivity index (χ1) is 11.5. The summed E-state index contributed by atoms with van der Waals surface area (Å²) in [4.78, 5) is 35.2. The Morgan fingerprint density at radius 3 is 3.08 bits per heavy atom. The lowest BCUT2D eigenvalue weighted by Gasteiger charge is -2.47. The average Bonchev–Trinajstić information content (AvgIpc) is 3.01. The molecule has 1 aromatic rings. The Morgan fingerprint density at radius 1 is 1.58 bits per heavy atom. The quantitative estimate of drug-likeness (QED) is 0.228. The maximum absolute atomic E-state index is 11.9. The van der Waals surface area contributed by atoms with Crippen molar-refractivity contribution in [2.24, 2.45) is 5.73 Å². The van der Waals surface area contributed by atoms with Gasteiger partial charge in [0.05, 0.1) is 12.7 Å². The number of β-lactam (4-membered cyclic amide) rings is 1. The Balaban J connectivity index is 1.83. The normalized spacial score (nSPS) is 22.9. The van der Waals surface area contributed by atoms with E-state index >= 15 is 0 Å². The lowest BCUT2D eigenvalue weighted by Crippen LogP contribution is -2.68. The molecule has 2 aliphatic heterocycles. The van der Waals surface area contributed by atoms with Crippen LogP contribution < -0.4 is 15.7 Å². The van der Waals surface area contributed by atoms with Crippen molar-refractivity contribution < 1.29 is 24.2 Å². The number of aromatic nitrogens is 2. The van der Waals surface area contributed by atoms with Gasteiger partial charge in [-0.1, -0.05) is 0 Å². The molecule has 2 atom stereocenters. The molecule has 9 nitrogen and oxygen atoms in total. The second-order valence-electron chi connectivity index (χ2n) is 5.52. The van der Waals surface area contributed by atoms with Crippen molar-refractivity contribution in [3.63, 3.8) is 0 Å². The van der Waals surface area contributed by atoms with Gasteiger partial charge in [-0.2, -0.15) is 4.68 Å².